The average molecular weight is 184 g/mol. The molecule has 13 heavy (non-hydrogen) atoms. The first kappa shape index (κ1) is 9.77. The highest BCUT2D eigenvalue weighted by atomic mass is 16.5. The molecule has 0 radical (unpaired) electrons. The summed E-state index contributed by atoms with van der Waals surface area (Å²) in [6.07, 6.45) is -0.210. The Morgan fingerprint density at radius 1 is 1.62 bits per heavy atom. The molecular weight excluding hydrogens is 172 g/mol. The van der Waals surface area contributed by atoms with Crippen LogP contribution in [-0.4, -0.2) is 25.2 Å². The normalized spacial score (nSPS) is 21.8. The van der Waals surface area contributed by atoms with E-state index < -0.39 is 11.9 Å². The van der Waals surface area contributed by atoms with E-state index in [9.17, 15) is 9.59 Å². The van der Waals surface area contributed by atoms with Gasteiger partial charge in [0.05, 0.1) is 19.1 Å². The van der Waals surface area contributed by atoms with E-state index >= 15 is 0 Å². The monoisotopic (exact) mass is 184 g/mol. The molecule has 0 spiro atoms. The van der Waals surface area contributed by atoms with Crippen LogP contribution < -0.4 is 0 Å². The van der Waals surface area contributed by atoms with E-state index in [4.69, 9.17) is 4.74 Å². The zero-order valence-corrected chi connectivity index (χ0v) is 7.92. The maximum Gasteiger partial charge on any atom is 0.335 e. The van der Waals surface area contributed by atoms with Gasteiger partial charge in [0.1, 0.15) is 6.10 Å². The van der Waals surface area contributed by atoms with Crippen molar-refractivity contribution in [1.29, 1.82) is 0 Å². The lowest BCUT2D eigenvalue weighted by Crippen LogP contribution is -2.08. The third-order valence-corrected chi connectivity index (χ3v) is 2.16. The Hall–Kier alpha value is -1.32. The number of ether oxygens (including phenoxy) is 2. The second-order valence-corrected chi connectivity index (χ2v) is 2.96. The van der Waals surface area contributed by atoms with Gasteiger partial charge in [-0.3, -0.25) is 4.79 Å². The van der Waals surface area contributed by atoms with Crippen LogP contribution in [0, 0.1) is 0 Å². The summed E-state index contributed by atoms with van der Waals surface area (Å²) in [5.74, 6) is -0.823. The fourth-order valence-electron chi connectivity index (χ4n) is 1.15. The summed E-state index contributed by atoms with van der Waals surface area (Å²) in [4.78, 5) is 22.1. The Morgan fingerprint density at radius 2 is 2.23 bits per heavy atom. The van der Waals surface area contributed by atoms with Gasteiger partial charge in [-0.1, -0.05) is 0 Å². The number of esters is 2. The van der Waals surface area contributed by atoms with E-state index in [0.717, 1.165) is 5.57 Å². The summed E-state index contributed by atoms with van der Waals surface area (Å²) in [5.41, 5.74) is 1.25. The molecule has 0 aliphatic carbocycles. The van der Waals surface area contributed by atoms with Crippen LogP contribution in [0.25, 0.3) is 0 Å². The molecule has 1 atom stereocenters. The standard InChI is InChI=1S/C9H12O4/c1-5-6(2)13-9(11)7(5)4-8(10)12-3/h6H,4H2,1-3H3/t6-/m1/s1. The van der Waals surface area contributed by atoms with Gasteiger partial charge in [-0.05, 0) is 19.4 Å². The second kappa shape index (κ2) is 3.60. The Balaban J connectivity index is 2.78. The first-order valence-corrected chi connectivity index (χ1v) is 4.03. The maximum atomic E-state index is 11.2. The zero-order chi connectivity index (χ0) is 10.0. The Bertz CT molecular complexity index is 277. The lowest BCUT2D eigenvalue weighted by Gasteiger charge is -2.00. The number of cyclic esters (lactones) is 1. The fraction of sp³-hybridized carbons (Fsp3) is 0.556. The topological polar surface area (TPSA) is 52.6 Å². The fourth-order valence-corrected chi connectivity index (χ4v) is 1.15. The molecule has 0 aromatic carbocycles. The van der Waals surface area contributed by atoms with E-state index in [1.165, 1.54) is 7.11 Å². The number of hydrogen-bond acceptors (Lipinski definition) is 4. The molecule has 1 rings (SSSR count). The third-order valence-electron chi connectivity index (χ3n) is 2.16. The molecule has 0 amide bonds. The van der Waals surface area contributed by atoms with E-state index in [2.05, 4.69) is 4.74 Å². The van der Waals surface area contributed by atoms with Crippen molar-refractivity contribution in [3.8, 4) is 0 Å². The van der Waals surface area contributed by atoms with Crippen molar-refractivity contribution in [2.75, 3.05) is 7.11 Å². The van der Waals surface area contributed by atoms with Gasteiger partial charge in [-0.15, -0.1) is 0 Å². The van der Waals surface area contributed by atoms with Crippen LogP contribution in [0.1, 0.15) is 20.3 Å². The van der Waals surface area contributed by atoms with Crippen LogP contribution in [0.3, 0.4) is 0 Å². The van der Waals surface area contributed by atoms with Gasteiger partial charge in [0.25, 0.3) is 0 Å². The number of carbonyl (C=O) groups excluding carboxylic acids is 2. The number of carbonyl (C=O) groups is 2. The van der Waals surface area contributed by atoms with Gasteiger partial charge in [0.2, 0.25) is 0 Å². The van der Waals surface area contributed by atoms with E-state index in [1.54, 1.807) is 13.8 Å². The predicted molar refractivity (Wildman–Crippen MR) is 44.9 cm³/mol. The smallest absolute Gasteiger partial charge is 0.335 e. The van der Waals surface area contributed by atoms with Gasteiger partial charge in [-0.2, -0.15) is 0 Å². The van der Waals surface area contributed by atoms with Crippen LogP contribution in [0.4, 0.5) is 0 Å². The highest BCUT2D eigenvalue weighted by Crippen LogP contribution is 2.24. The largest absolute Gasteiger partial charge is 0.469 e. The molecule has 72 valence electrons. The highest BCUT2D eigenvalue weighted by molar-refractivity contribution is 5.96. The first-order chi connectivity index (χ1) is 6.06. The lowest BCUT2D eigenvalue weighted by atomic mass is 10.1. The van der Waals surface area contributed by atoms with Crippen LogP contribution in [0.15, 0.2) is 11.1 Å². The quantitative estimate of drug-likeness (QED) is 0.596. The number of rotatable bonds is 2. The molecule has 0 N–H and O–H groups in total. The summed E-state index contributed by atoms with van der Waals surface area (Å²) in [6.45, 7) is 3.56. The summed E-state index contributed by atoms with van der Waals surface area (Å²) < 4.78 is 9.37. The summed E-state index contributed by atoms with van der Waals surface area (Å²) in [6, 6.07) is 0. The number of hydrogen-bond donors (Lipinski definition) is 0. The van der Waals surface area contributed by atoms with E-state index in [-0.39, 0.29) is 12.5 Å². The Labute approximate surface area is 76.5 Å². The summed E-state index contributed by atoms with van der Waals surface area (Å²) in [7, 11) is 1.29. The summed E-state index contributed by atoms with van der Waals surface area (Å²) >= 11 is 0. The molecule has 4 heteroatoms. The van der Waals surface area contributed by atoms with Crippen molar-refractivity contribution in [1.82, 2.24) is 0 Å². The molecular formula is C9H12O4. The van der Waals surface area contributed by atoms with Crippen LogP contribution >= 0.6 is 0 Å². The highest BCUT2D eigenvalue weighted by Gasteiger charge is 2.29. The SMILES string of the molecule is COC(=O)CC1=C(C)[C@@H](C)OC1=O. The zero-order valence-electron chi connectivity index (χ0n) is 7.92. The molecule has 0 aromatic heterocycles. The Kier molecular flexibility index (Phi) is 2.70. The van der Waals surface area contributed by atoms with E-state index in [0.29, 0.717) is 5.57 Å². The molecule has 1 aliphatic rings. The summed E-state index contributed by atoms with van der Waals surface area (Å²) in [5, 5.41) is 0. The molecule has 0 saturated heterocycles. The van der Waals surface area contributed by atoms with Crippen molar-refractivity contribution in [3.63, 3.8) is 0 Å². The molecule has 0 aromatic rings. The van der Waals surface area contributed by atoms with Gasteiger partial charge >= 0.3 is 11.9 Å². The minimum atomic E-state index is -0.416. The van der Waals surface area contributed by atoms with Gasteiger partial charge in [0.15, 0.2) is 0 Å². The van der Waals surface area contributed by atoms with Crippen molar-refractivity contribution < 1.29 is 19.1 Å². The molecule has 1 heterocycles. The maximum absolute atomic E-state index is 11.2. The van der Waals surface area contributed by atoms with Gasteiger partial charge < -0.3 is 9.47 Å². The van der Waals surface area contributed by atoms with E-state index in [1.807, 2.05) is 0 Å². The lowest BCUT2D eigenvalue weighted by molar-refractivity contribution is -0.144. The third kappa shape index (κ3) is 1.88. The van der Waals surface area contributed by atoms with Gasteiger partial charge in [0, 0.05) is 0 Å². The molecule has 0 saturated carbocycles. The van der Waals surface area contributed by atoms with Gasteiger partial charge in [-0.25, -0.2) is 4.79 Å². The average Bonchev–Trinajstić information content (AvgIpc) is 2.32. The molecule has 1 aliphatic heterocycles. The first-order valence-electron chi connectivity index (χ1n) is 4.03. The number of methoxy groups -OCH3 is 1. The predicted octanol–water partition coefficient (Wildman–Crippen LogP) is 0.811. The second-order valence-electron chi connectivity index (χ2n) is 2.96. The molecule has 0 bridgehead atoms. The minimum Gasteiger partial charge on any atom is -0.469 e. The van der Waals surface area contributed by atoms with Crippen molar-refractivity contribution in [2.24, 2.45) is 0 Å². The Morgan fingerprint density at radius 3 is 2.62 bits per heavy atom. The van der Waals surface area contributed by atoms with Crippen LogP contribution in [0.2, 0.25) is 0 Å². The van der Waals surface area contributed by atoms with Crippen molar-refractivity contribution in [3.05, 3.63) is 11.1 Å². The van der Waals surface area contributed by atoms with Crippen LogP contribution in [-0.2, 0) is 19.1 Å². The molecule has 4 nitrogen and oxygen atoms in total. The van der Waals surface area contributed by atoms with Crippen LogP contribution in [0.5, 0.6) is 0 Å². The van der Waals surface area contributed by atoms with Crippen molar-refractivity contribution >= 4 is 11.9 Å². The minimum absolute atomic E-state index is 0.00546. The van der Waals surface area contributed by atoms with Crippen molar-refractivity contribution in [2.45, 2.75) is 26.4 Å². The molecule has 0 unspecified atom stereocenters. The molecule has 0 fully saturated rings.